The molecule has 1 fully saturated rings. The highest BCUT2D eigenvalue weighted by molar-refractivity contribution is 5.77. The van der Waals surface area contributed by atoms with Crippen molar-refractivity contribution in [2.75, 3.05) is 6.54 Å². The quantitative estimate of drug-likeness (QED) is 0.576. The number of nitrogens with one attached hydrogen (secondary N) is 2. The minimum Gasteiger partial charge on any atom is -0.427 e. The van der Waals surface area contributed by atoms with Gasteiger partial charge in [0.2, 0.25) is 0 Å². The molecule has 0 aliphatic carbocycles. The summed E-state index contributed by atoms with van der Waals surface area (Å²) in [6.45, 7) is 1.90. The average molecular weight is 220 g/mol. The molecular weight excluding hydrogens is 208 g/mol. The lowest BCUT2D eigenvalue weighted by Crippen LogP contribution is -2.21. The van der Waals surface area contributed by atoms with E-state index in [2.05, 4.69) is 10.6 Å². The molecule has 1 heterocycles. The monoisotopic (exact) mass is 220 g/mol. The highest BCUT2D eigenvalue weighted by Crippen LogP contribution is 2.20. The van der Waals surface area contributed by atoms with Crippen LogP contribution in [0.3, 0.4) is 0 Å². The molecule has 0 unspecified atom stereocenters. The number of carbonyl (C=O) groups excluding carboxylic acids is 2. The van der Waals surface area contributed by atoms with Crippen molar-refractivity contribution in [3.8, 4) is 5.75 Å². The predicted octanol–water partition coefficient (Wildman–Crippen LogP) is 0.966. The molecule has 1 aliphatic rings. The lowest BCUT2D eigenvalue weighted by atomic mass is 10.1. The third-order valence-corrected chi connectivity index (χ3v) is 2.29. The Hall–Kier alpha value is -2.04. The van der Waals surface area contributed by atoms with E-state index in [0.717, 1.165) is 5.56 Å². The highest BCUT2D eigenvalue weighted by Gasteiger charge is 2.21. The summed E-state index contributed by atoms with van der Waals surface area (Å²) in [7, 11) is 0. The molecule has 0 bridgehead atoms. The number of amides is 2. The summed E-state index contributed by atoms with van der Waals surface area (Å²) in [5.74, 6) is 0.136. The van der Waals surface area contributed by atoms with Gasteiger partial charge in [-0.2, -0.15) is 0 Å². The van der Waals surface area contributed by atoms with E-state index in [1.54, 1.807) is 18.2 Å². The van der Waals surface area contributed by atoms with Crippen LogP contribution in [0.1, 0.15) is 18.5 Å². The van der Waals surface area contributed by atoms with Gasteiger partial charge in [0, 0.05) is 13.5 Å². The second-order valence-corrected chi connectivity index (χ2v) is 3.57. The molecule has 1 aromatic rings. The summed E-state index contributed by atoms with van der Waals surface area (Å²) in [5.41, 5.74) is 0.914. The van der Waals surface area contributed by atoms with E-state index >= 15 is 0 Å². The van der Waals surface area contributed by atoms with Crippen LogP contribution >= 0.6 is 0 Å². The van der Waals surface area contributed by atoms with Crippen LogP contribution in [-0.4, -0.2) is 18.5 Å². The van der Waals surface area contributed by atoms with Gasteiger partial charge in [0.25, 0.3) is 0 Å². The molecule has 0 spiro atoms. The fraction of sp³-hybridized carbons (Fsp3) is 0.273. The van der Waals surface area contributed by atoms with Crippen LogP contribution in [0.4, 0.5) is 4.79 Å². The van der Waals surface area contributed by atoms with Gasteiger partial charge in [0.1, 0.15) is 5.75 Å². The largest absolute Gasteiger partial charge is 0.427 e. The molecule has 1 aliphatic heterocycles. The van der Waals surface area contributed by atoms with Crippen molar-refractivity contribution in [2.45, 2.75) is 13.0 Å². The fourth-order valence-electron chi connectivity index (χ4n) is 1.62. The number of rotatable bonds is 2. The van der Waals surface area contributed by atoms with E-state index in [9.17, 15) is 9.59 Å². The molecule has 0 saturated carbocycles. The Labute approximate surface area is 92.8 Å². The first-order valence-electron chi connectivity index (χ1n) is 4.98. The minimum absolute atomic E-state index is 0.0667. The van der Waals surface area contributed by atoms with Crippen molar-refractivity contribution >= 4 is 12.0 Å². The zero-order valence-corrected chi connectivity index (χ0v) is 8.82. The van der Waals surface area contributed by atoms with Crippen LogP contribution in [0.5, 0.6) is 5.75 Å². The van der Waals surface area contributed by atoms with Gasteiger partial charge in [-0.3, -0.25) is 4.79 Å². The third kappa shape index (κ3) is 2.31. The molecule has 0 radical (unpaired) electrons. The third-order valence-electron chi connectivity index (χ3n) is 2.29. The average Bonchev–Trinajstić information content (AvgIpc) is 2.64. The lowest BCUT2D eigenvalue weighted by Gasteiger charge is -2.10. The van der Waals surface area contributed by atoms with Gasteiger partial charge in [0.15, 0.2) is 0 Å². The first-order valence-corrected chi connectivity index (χ1v) is 4.98. The molecule has 1 aromatic carbocycles. The van der Waals surface area contributed by atoms with Gasteiger partial charge in [-0.15, -0.1) is 0 Å². The maximum Gasteiger partial charge on any atom is 0.315 e. The second kappa shape index (κ2) is 4.22. The van der Waals surface area contributed by atoms with E-state index < -0.39 is 0 Å². The molecular formula is C11H12N2O3. The summed E-state index contributed by atoms with van der Waals surface area (Å²) in [6.07, 6.45) is 0. The lowest BCUT2D eigenvalue weighted by molar-refractivity contribution is -0.131. The van der Waals surface area contributed by atoms with Gasteiger partial charge >= 0.3 is 12.0 Å². The Kier molecular flexibility index (Phi) is 2.76. The number of urea groups is 1. The Bertz CT molecular complexity index is 431. The van der Waals surface area contributed by atoms with Crippen LogP contribution in [0.25, 0.3) is 0 Å². The van der Waals surface area contributed by atoms with Crippen molar-refractivity contribution in [2.24, 2.45) is 0 Å². The van der Waals surface area contributed by atoms with Crippen molar-refractivity contribution < 1.29 is 14.3 Å². The molecule has 16 heavy (non-hydrogen) atoms. The maximum atomic E-state index is 11.0. The van der Waals surface area contributed by atoms with Crippen LogP contribution in [0, 0.1) is 0 Å². The Balaban J connectivity index is 2.15. The standard InChI is InChI=1S/C11H12N2O3/c1-7(14)16-9-4-2-3-8(5-9)10-6-12-11(15)13-10/h2-5,10H,6H2,1H3,(H2,12,13,15)/t10-/m0/s1. The SMILES string of the molecule is CC(=O)Oc1cccc([C@@H]2CNC(=O)N2)c1. The maximum absolute atomic E-state index is 11.0. The smallest absolute Gasteiger partial charge is 0.315 e. The van der Waals surface area contributed by atoms with E-state index in [1.165, 1.54) is 6.92 Å². The number of carbonyl (C=O) groups is 2. The summed E-state index contributed by atoms with van der Waals surface area (Å²) in [4.78, 5) is 21.8. The number of ether oxygens (including phenoxy) is 1. The molecule has 1 atom stereocenters. The normalized spacial score (nSPS) is 18.8. The fourth-order valence-corrected chi connectivity index (χ4v) is 1.62. The number of benzene rings is 1. The van der Waals surface area contributed by atoms with Crippen LogP contribution in [0.15, 0.2) is 24.3 Å². The zero-order chi connectivity index (χ0) is 11.5. The highest BCUT2D eigenvalue weighted by atomic mass is 16.5. The number of esters is 1. The molecule has 5 heteroatoms. The summed E-state index contributed by atoms with van der Waals surface area (Å²) >= 11 is 0. The van der Waals surface area contributed by atoms with E-state index in [0.29, 0.717) is 12.3 Å². The molecule has 2 amide bonds. The second-order valence-electron chi connectivity index (χ2n) is 3.57. The Morgan fingerprint density at radius 1 is 1.50 bits per heavy atom. The first kappa shape index (κ1) is 10.5. The van der Waals surface area contributed by atoms with Crippen molar-refractivity contribution in [3.05, 3.63) is 29.8 Å². The summed E-state index contributed by atoms with van der Waals surface area (Å²) in [5, 5.41) is 5.43. The van der Waals surface area contributed by atoms with Crippen molar-refractivity contribution in [1.29, 1.82) is 0 Å². The topological polar surface area (TPSA) is 67.4 Å². The number of hydrogen-bond donors (Lipinski definition) is 2. The van der Waals surface area contributed by atoms with Crippen molar-refractivity contribution in [1.82, 2.24) is 10.6 Å². The first-order chi connectivity index (χ1) is 7.65. The minimum atomic E-state index is -0.356. The van der Waals surface area contributed by atoms with Crippen LogP contribution in [0.2, 0.25) is 0 Å². The van der Waals surface area contributed by atoms with Crippen LogP contribution < -0.4 is 15.4 Å². The summed E-state index contributed by atoms with van der Waals surface area (Å²) < 4.78 is 4.97. The van der Waals surface area contributed by atoms with Crippen molar-refractivity contribution in [3.63, 3.8) is 0 Å². The van der Waals surface area contributed by atoms with Gasteiger partial charge in [-0.1, -0.05) is 12.1 Å². The molecule has 84 valence electrons. The van der Waals surface area contributed by atoms with E-state index in [1.807, 2.05) is 6.07 Å². The van der Waals surface area contributed by atoms with Gasteiger partial charge in [0.05, 0.1) is 6.04 Å². The Morgan fingerprint density at radius 3 is 2.94 bits per heavy atom. The zero-order valence-electron chi connectivity index (χ0n) is 8.82. The summed E-state index contributed by atoms with van der Waals surface area (Å²) in [6, 6.07) is 6.88. The molecule has 1 saturated heterocycles. The molecule has 2 rings (SSSR count). The van der Waals surface area contributed by atoms with E-state index in [4.69, 9.17) is 4.74 Å². The molecule has 0 aromatic heterocycles. The van der Waals surface area contributed by atoms with E-state index in [-0.39, 0.29) is 18.0 Å². The number of hydrogen-bond acceptors (Lipinski definition) is 3. The van der Waals surface area contributed by atoms with Gasteiger partial charge in [-0.25, -0.2) is 4.79 Å². The molecule has 5 nitrogen and oxygen atoms in total. The Morgan fingerprint density at radius 2 is 2.31 bits per heavy atom. The molecule has 2 N–H and O–H groups in total. The predicted molar refractivity (Wildman–Crippen MR) is 57.0 cm³/mol. The van der Waals surface area contributed by atoms with Gasteiger partial charge < -0.3 is 15.4 Å². The van der Waals surface area contributed by atoms with Gasteiger partial charge in [-0.05, 0) is 17.7 Å². The van der Waals surface area contributed by atoms with Crippen LogP contribution in [-0.2, 0) is 4.79 Å².